The van der Waals surface area contributed by atoms with Crippen LogP contribution in [-0.4, -0.2) is 23.3 Å². The molecule has 3 N–H and O–H groups in total. The Kier molecular flexibility index (Phi) is 4.87. The number of aliphatic hydroxyl groups excluding tert-OH is 1. The van der Waals surface area contributed by atoms with Crippen molar-refractivity contribution in [3.05, 3.63) is 10.4 Å². The lowest BCUT2D eigenvalue weighted by Crippen LogP contribution is -2.44. The molecule has 0 radical (unpaired) electrons. The van der Waals surface area contributed by atoms with Crippen LogP contribution in [0.5, 0.6) is 0 Å². The summed E-state index contributed by atoms with van der Waals surface area (Å²) in [7, 11) is 0. The van der Waals surface area contributed by atoms with E-state index in [1.807, 2.05) is 0 Å². The third kappa shape index (κ3) is 3.61. The molecule has 5 heteroatoms. The van der Waals surface area contributed by atoms with Crippen LogP contribution in [0.25, 0.3) is 10.4 Å². The molecule has 2 saturated carbocycles. The predicted octanol–water partition coefficient (Wildman–Crippen LogP) is 2.73. The number of rotatable bonds is 6. The summed E-state index contributed by atoms with van der Waals surface area (Å²) in [6.45, 7) is 0. The first kappa shape index (κ1) is 13.7. The van der Waals surface area contributed by atoms with Crippen LogP contribution in [0, 0.1) is 11.8 Å². The third-order valence-corrected chi connectivity index (χ3v) is 4.41. The average molecular weight is 252 g/mol. The first-order valence-electron chi connectivity index (χ1n) is 7.20. The molecule has 18 heavy (non-hydrogen) atoms. The van der Waals surface area contributed by atoms with E-state index < -0.39 is 6.10 Å². The minimum absolute atomic E-state index is 0.246. The molecule has 102 valence electrons. The van der Waals surface area contributed by atoms with E-state index in [4.69, 9.17) is 11.3 Å². The zero-order valence-electron chi connectivity index (χ0n) is 10.9. The van der Waals surface area contributed by atoms with Gasteiger partial charge in [-0.1, -0.05) is 37.2 Å². The molecule has 0 amide bonds. The van der Waals surface area contributed by atoms with Gasteiger partial charge in [0.1, 0.15) is 0 Å². The second-order valence-electron chi connectivity index (χ2n) is 5.93. The van der Waals surface area contributed by atoms with E-state index in [2.05, 4.69) is 10.0 Å². The predicted molar refractivity (Wildman–Crippen MR) is 70.8 cm³/mol. The minimum atomic E-state index is -0.671. The van der Waals surface area contributed by atoms with Crippen LogP contribution in [0.2, 0.25) is 0 Å². The van der Waals surface area contributed by atoms with Crippen molar-refractivity contribution in [2.24, 2.45) is 22.7 Å². The van der Waals surface area contributed by atoms with Crippen LogP contribution in [-0.2, 0) is 0 Å². The van der Waals surface area contributed by atoms with E-state index in [0.717, 1.165) is 19.3 Å². The fourth-order valence-electron chi connectivity index (χ4n) is 3.14. The Morgan fingerprint density at radius 2 is 1.89 bits per heavy atom. The van der Waals surface area contributed by atoms with Crippen molar-refractivity contribution in [2.75, 3.05) is 0 Å². The Morgan fingerprint density at radius 3 is 2.44 bits per heavy atom. The summed E-state index contributed by atoms with van der Waals surface area (Å²) >= 11 is 0. The molecule has 2 fully saturated rings. The van der Waals surface area contributed by atoms with Gasteiger partial charge in [-0.2, -0.15) is 0 Å². The van der Waals surface area contributed by atoms with Gasteiger partial charge in [0, 0.05) is 11.0 Å². The quantitative estimate of drug-likeness (QED) is 0.432. The Morgan fingerprint density at radius 1 is 1.22 bits per heavy atom. The Bertz CT molecular complexity index is 306. The minimum Gasteiger partial charge on any atom is -0.391 e. The molecule has 0 heterocycles. The van der Waals surface area contributed by atoms with Gasteiger partial charge in [0.2, 0.25) is 0 Å². The van der Waals surface area contributed by atoms with E-state index in [0.29, 0.717) is 11.8 Å². The molecule has 2 aliphatic carbocycles. The first-order valence-corrected chi connectivity index (χ1v) is 7.20. The summed E-state index contributed by atoms with van der Waals surface area (Å²) < 4.78 is 0. The van der Waals surface area contributed by atoms with E-state index in [-0.39, 0.29) is 12.1 Å². The van der Waals surface area contributed by atoms with Crippen LogP contribution < -0.4 is 5.73 Å². The van der Waals surface area contributed by atoms with Gasteiger partial charge in [0.15, 0.2) is 0 Å². The number of nitrogens with zero attached hydrogens (tertiary/aromatic N) is 3. The number of hydrogen-bond donors (Lipinski definition) is 2. The van der Waals surface area contributed by atoms with Crippen LogP contribution in [0.4, 0.5) is 0 Å². The molecule has 2 aliphatic rings. The molecule has 2 rings (SSSR count). The fourth-order valence-corrected chi connectivity index (χ4v) is 3.14. The van der Waals surface area contributed by atoms with Gasteiger partial charge >= 0.3 is 0 Å². The maximum atomic E-state index is 10.3. The lowest BCUT2D eigenvalue weighted by Gasteiger charge is -2.29. The summed E-state index contributed by atoms with van der Waals surface area (Å²) in [6.07, 6.45) is 8.67. The SMILES string of the molecule is [N-]=[N+]=N[C@@H](C1CC1)[C@H](O)[C@@H](N)CC1CCCCC1. The topological polar surface area (TPSA) is 95.0 Å². The van der Waals surface area contributed by atoms with Crippen LogP contribution in [0.1, 0.15) is 51.4 Å². The van der Waals surface area contributed by atoms with Crippen LogP contribution >= 0.6 is 0 Å². The van der Waals surface area contributed by atoms with E-state index in [1.54, 1.807) is 0 Å². The molecular weight excluding hydrogens is 228 g/mol. The van der Waals surface area contributed by atoms with Gasteiger partial charge < -0.3 is 10.8 Å². The van der Waals surface area contributed by atoms with E-state index >= 15 is 0 Å². The highest BCUT2D eigenvalue weighted by atomic mass is 16.3. The molecule has 0 aliphatic heterocycles. The van der Waals surface area contributed by atoms with Gasteiger partial charge in [-0.25, -0.2) is 0 Å². The Hall–Kier alpha value is -0.770. The maximum Gasteiger partial charge on any atom is 0.0778 e. The molecule has 0 saturated heterocycles. The van der Waals surface area contributed by atoms with Gasteiger partial charge in [-0.3, -0.25) is 0 Å². The monoisotopic (exact) mass is 252 g/mol. The summed E-state index contributed by atoms with van der Waals surface area (Å²) in [4.78, 5) is 2.86. The molecular formula is C13H24N4O. The molecule has 0 unspecified atom stereocenters. The summed E-state index contributed by atoms with van der Waals surface area (Å²) in [5.74, 6) is 1.00. The van der Waals surface area contributed by atoms with Crippen molar-refractivity contribution in [3.63, 3.8) is 0 Å². The summed E-state index contributed by atoms with van der Waals surface area (Å²) in [5.41, 5.74) is 14.7. The average Bonchev–Trinajstić information content (AvgIpc) is 3.20. The molecule has 5 nitrogen and oxygen atoms in total. The van der Waals surface area contributed by atoms with Crippen molar-refractivity contribution in [1.82, 2.24) is 0 Å². The van der Waals surface area contributed by atoms with E-state index in [1.165, 1.54) is 32.1 Å². The maximum absolute atomic E-state index is 10.3. The van der Waals surface area contributed by atoms with Crippen molar-refractivity contribution < 1.29 is 5.11 Å². The lowest BCUT2D eigenvalue weighted by atomic mass is 9.83. The molecule has 0 aromatic heterocycles. The molecule has 0 spiro atoms. The smallest absolute Gasteiger partial charge is 0.0778 e. The molecule has 3 atom stereocenters. The van der Waals surface area contributed by atoms with Gasteiger partial charge in [-0.05, 0) is 36.6 Å². The molecule has 0 bridgehead atoms. The zero-order valence-corrected chi connectivity index (χ0v) is 10.9. The second-order valence-corrected chi connectivity index (χ2v) is 5.93. The van der Waals surface area contributed by atoms with Gasteiger partial charge in [0.05, 0.1) is 12.1 Å². The highest BCUT2D eigenvalue weighted by molar-refractivity contribution is 4.95. The van der Waals surface area contributed by atoms with Crippen LogP contribution in [0.3, 0.4) is 0 Å². The summed E-state index contributed by atoms with van der Waals surface area (Å²) in [5, 5.41) is 14.0. The van der Waals surface area contributed by atoms with Crippen LogP contribution in [0.15, 0.2) is 5.11 Å². The van der Waals surface area contributed by atoms with Gasteiger partial charge in [-0.15, -0.1) is 0 Å². The van der Waals surface area contributed by atoms with Gasteiger partial charge in [0.25, 0.3) is 0 Å². The van der Waals surface area contributed by atoms with Crippen molar-refractivity contribution in [3.8, 4) is 0 Å². The zero-order chi connectivity index (χ0) is 13.0. The molecule has 0 aromatic carbocycles. The number of nitrogens with two attached hydrogens (primary N) is 1. The van der Waals surface area contributed by atoms with E-state index in [9.17, 15) is 5.11 Å². The Labute approximate surface area is 108 Å². The Balaban J connectivity index is 1.85. The highest BCUT2D eigenvalue weighted by Gasteiger charge is 2.38. The first-order chi connectivity index (χ1) is 8.72. The lowest BCUT2D eigenvalue weighted by molar-refractivity contribution is 0.0941. The molecule has 0 aromatic rings. The highest BCUT2D eigenvalue weighted by Crippen LogP contribution is 2.37. The number of aliphatic hydroxyl groups is 1. The van der Waals surface area contributed by atoms with Crippen molar-refractivity contribution in [2.45, 2.75) is 69.6 Å². The summed E-state index contributed by atoms with van der Waals surface area (Å²) in [6, 6.07) is -0.558. The second kappa shape index (κ2) is 6.41. The third-order valence-electron chi connectivity index (χ3n) is 4.41. The largest absolute Gasteiger partial charge is 0.391 e. The number of azide groups is 1. The fraction of sp³-hybridized carbons (Fsp3) is 1.00. The normalized spacial score (nSPS) is 26.1. The van der Waals surface area contributed by atoms with Crippen molar-refractivity contribution in [1.29, 1.82) is 0 Å². The number of hydrogen-bond acceptors (Lipinski definition) is 3. The standard InChI is InChI=1S/C13H24N4O/c14-11(8-9-4-2-1-3-5-9)13(18)12(16-17-15)10-6-7-10/h9-13,18H,1-8,14H2/t11-,12-,13+/m0/s1. The van der Waals surface area contributed by atoms with Crippen molar-refractivity contribution >= 4 is 0 Å².